The first-order valence-electron chi connectivity index (χ1n) is 6.68. The van der Waals surface area contributed by atoms with E-state index in [-0.39, 0.29) is 6.04 Å². The van der Waals surface area contributed by atoms with Gasteiger partial charge in [0.15, 0.2) is 0 Å². The number of halogens is 1. The molecule has 0 aliphatic heterocycles. The fraction of sp³-hybridized carbons (Fsp3) is 0.400. The first-order valence-corrected chi connectivity index (χ1v) is 7.48. The molecule has 1 unspecified atom stereocenters. The van der Waals surface area contributed by atoms with E-state index in [9.17, 15) is 0 Å². The molecule has 0 amide bonds. The highest BCUT2D eigenvalue weighted by atomic mass is 79.9. The van der Waals surface area contributed by atoms with Crippen LogP contribution in [0.4, 0.5) is 0 Å². The molecule has 5 heteroatoms. The van der Waals surface area contributed by atoms with Crippen molar-refractivity contribution >= 4 is 15.9 Å². The van der Waals surface area contributed by atoms with Crippen LogP contribution in [0.3, 0.4) is 0 Å². The van der Waals surface area contributed by atoms with Crippen LogP contribution in [0.15, 0.2) is 35.1 Å². The average molecular weight is 338 g/mol. The van der Waals surface area contributed by atoms with Crippen molar-refractivity contribution in [1.29, 1.82) is 0 Å². The van der Waals surface area contributed by atoms with Crippen molar-refractivity contribution in [3.8, 4) is 5.75 Å². The second-order valence-corrected chi connectivity index (χ2v) is 5.57. The summed E-state index contributed by atoms with van der Waals surface area (Å²) in [7, 11) is 3.72. The summed E-state index contributed by atoms with van der Waals surface area (Å²) in [4.78, 5) is 4.41. The van der Waals surface area contributed by atoms with Gasteiger partial charge in [0.05, 0.1) is 7.11 Å². The van der Waals surface area contributed by atoms with Crippen LogP contribution in [0.25, 0.3) is 0 Å². The highest BCUT2D eigenvalue weighted by Gasteiger charge is 2.18. The molecular formula is C15H20BrN3O. The fourth-order valence-electron chi connectivity index (χ4n) is 2.29. The third kappa shape index (κ3) is 3.41. The topological polar surface area (TPSA) is 39.1 Å². The quantitative estimate of drug-likeness (QED) is 0.880. The number of imidazole rings is 1. The zero-order chi connectivity index (χ0) is 14.5. The Morgan fingerprint density at radius 2 is 2.25 bits per heavy atom. The van der Waals surface area contributed by atoms with Gasteiger partial charge >= 0.3 is 0 Å². The Morgan fingerprint density at radius 1 is 1.45 bits per heavy atom. The highest BCUT2D eigenvalue weighted by Crippen LogP contribution is 2.30. The van der Waals surface area contributed by atoms with Gasteiger partial charge in [0.1, 0.15) is 11.6 Å². The van der Waals surface area contributed by atoms with Crippen molar-refractivity contribution < 1.29 is 4.74 Å². The molecule has 0 bridgehead atoms. The maximum absolute atomic E-state index is 5.51. The van der Waals surface area contributed by atoms with Crippen LogP contribution < -0.4 is 10.1 Å². The SMILES string of the molecule is CCNC(Cc1nccn1C)c1ccc(Br)cc1OC. The number of hydrogen-bond donors (Lipinski definition) is 1. The standard InChI is InChI=1S/C15H20BrN3O/c1-4-17-13(10-15-18-7-8-19(15)2)12-6-5-11(16)9-14(12)20-3/h5-9,13,17H,4,10H2,1-3H3. The third-order valence-electron chi connectivity index (χ3n) is 3.33. The molecule has 1 atom stereocenters. The predicted molar refractivity (Wildman–Crippen MR) is 84.0 cm³/mol. The van der Waals surface area contributed by atoms with E-state index >= 15 is 0 Å². The van der Waals surface area contributed by atoms with E-state index in [1.165, 1.54) is 0 Å². The molecule has 0 radical (unpaired) electrons. The van der Waals surface area contributed by atoms with Gasteiger partial charge in [-0.05, 0) is 18.7 Å². The maximum Gasteiger partial charge on any atom is 0.124 e. The Bertz CT molecular complexity index is 568. The summed E-state index contributed by atoms with van der Waals surface area (Å²) in [5, 5.41) is 3.51. The van der Waals surface area contributed by atoms with Gasteiger partial charge in [-0.1, -0.05) is 28.9 Å². The number of ether oxygens (including phenoxy) is 1. The monoisotopic (exact) mass is 337 g/mol. The molecule has 0 saturated carbocycles. The van der Waals surface area contributed by atoms with Crippen molar-refractivity contribution in [3.63, 3.8) is 0 Å². The van der Waals surface area contributed by atoms with Gasteiger partial charge in [-0.2, -0.15) is 0 Å². The minimum Gasteiger partial charge on any atom is -0.496 e. The lowest BCUT2D eigenvalue weighted by molar-refractivity contribution is 0.397. The smallest absolute Gasteiger partial charge is 0.124 e. The van der Waals surface area contributed by atoms with Crippen molar-refractivity contribution in [2.45, 2.75) is 19.4 Å². The molecule has 1 heterocycles. The highest BCUT2D eigenvalue weighted by molar-refractivity contribution is 9.10. The molecule has 1 N–H and O–H groups in total. The van der Waals surface area contributed by atoms with Gasteiger partial charge in [-0.25, -0.2) is 4.98 Å². The van der Waals surface area contributed by atoms with Crippen molar-refractivity contribution in [3.05, 3.63) is 46.5 Å². The van der Waals surface area contributed by atoms with Gasteiger partial charge in [-0.15, -0.1) is 0 Å². The lowest BCUT2D eigenvalue weighted by atomic mass is 10.0. The molecule has 1 aromatic heterocycles. The number of nitrogens with zero attached hydrogens (tertiary/aromatic N) is 2. The van der Waals surface area contributed by atoms with Gasteiger partial charge in [0.25, 0.3) is 0 Å². The van der Waals surface area contributed by atoms with Gasteiger partial charge in [0, 0.05) is 41.9 Å². The Kier molecular flexibility index (Phi) is 5.20. The normalized spacial score (nSPS) is 12.4. The molecule has 20 heavy (non-hydrogen) atoms. The molecule has 0 spiro atoms. The van der Waals surface area contributed by atoms with E-state index < -0.39 is 0 Å². The van der Waals surface area contributed by atoms with Crippen LogP contribution in [0, 0.1) is 0 Å². The van der Waals surface area contributed by atoms with E-state index in [0.29, 0.717) is 0 Å². The number of methoxy groups -OCH3 is 1. The molecular weight excluding hydrogens is 318 g/mol. The molecule has 4 nitrogen and oxygen atoms in total. The summed E-state index contributed by atoms with van der Waals surface area (Å²) in [5.74, 6) is 1.94. The molecule has 108 valence electrons. The second-order valence-electron chi connectivity index (χ2n) is 4.66. The van der Waals surface area contributed by atoms with E-state index in [2.05, 4.69) is 43.8 Å². The van der Waals surface area contributed by atoms with Crippen LogP contribution in [-0.2, 0) is 13.5 Å². The largest absolute Gasteiger partial charge is 0.496 e. The Labute approximate surface area is 128 Å². The second kappa shape index (κ2) is 6.90. The van der Waals surface area contributed by atoms with E-state index in [0.717, 1.165) is 34.6 Å². The lowest BCUT2D eigenvalue weighted by Gasteiger charge is -2.21. The van der Waals surface area contributed by atoms with Crippen molar-refractivity contribution in [2.24, 2.45) is 7.05 Å². The minimum atomic E-state index is 0.184. The zero-order valence-corrected chi connectivity index (χ0v) is 13.6. The van der Waals surface area contributed by atoms with E-state index in [1.807, 2.05) is 31.6 Å². The Balaban J connectivity index is 2.30. The van der Waals surface area contributed by atoms with E-state index in [1.54, 1.807) is 7.11 Å². The number of aromatic nitrogens is 2. The number of nitrogens with one attached hydrogen (secondary N) is 1. The van der Waals surface area contributed by atoms with Crippen LogP contribution in [0.5, 0.6) is 5.75 Å². The van der Waals surface area contributed by atoms with E-state index in [4.69, 9.17) is 4.74 Å². The predicted octanol–water partition coefficient (Wildman–Crippen LogP) is 3.08. The van der Waals surface area contributed by atoms with Crippen LogP contribution in [0.1, 0.15) is 24.4 Å². The number of rotatable bonds is 6. The zero-order valence-electron chi connectivity index (χ0n) is 12.1. The maximum atomic E-state index is 5.51. The summed E-state index contributed by atoms with van der Waals surface area (Å²) >= 11 is 3.48. The average Bonchev–Trinajstić information content (AvgIpc) is 2.84. The summed E-state index contributed by atoms with van der Waals surface area (Å²) in [5.41, 5.74) is 1.15. The lowest BCUT2D eigenvalue weighted by Crippen LogP contribution is -2.24. The van der Waals surface area contributed by atoms with Crippen LogP contribution >= 0.6 is 15.9 Å². The first kappa shape index (κ1) is 15.1. The van der Waals surface area contributed by atoms with Gasteiger partial charge < -0.3 is 14.6 Å². The van der Waals surface area contributed by atoms with Crippen molar-refractivity contribution in [1.82, 2.24) is 14.9 Å². The summed E-state index contributed by atoms with van der Waals surface area (Å²) in [6, 6.07) is 6.32. The number of benzene rings is 1. The van der Waals surface area contributed by atoms with Gasteiger partial charge in [-0.3, -0.25) is 0 Å². The molecule has 2 rings (SSSR count). The third-order valence-corrected chi connectivity index (χ3v) is 3.82. The number of likely N-dealkylation sites (N-methyl/N-ethyl adjacent to an activating group) is 1. The summed E-state index contributed by atoms with van der Waals surface area (Å²) in [6.45, 7) is 3.01. The molecule has 2 aromatic rings. The Hall–Kier alpha value is -1.33. The first-order chi connectivity index (χ1) is 9.65. The van der Waals surface area contributed by atoms with Crippen LogP contribution in [-0.4, -0.2) is 23.2 Å². The minimum absolute atomic E-state index is 0.184. The summed E-state index contributed by atoms with van der Waals surface area (Å²) in [6.07, 6.45) is 4.63. The molecule has 0 fully saturated rings. The molecule has 0 aliphatic rings. The Morgan fingerprint density at radius 3 is 2.85 bits per heavy atom. The van der Waals surface area contributed by atoms with Gasteiger partial charge in [0.2, 0.25) is 0 Å². The van der Waals surface area contributed by atoms with Crippen LogP contribution in [0.2, 0.25) is 0 Å². The molecule has 0 aliphatic carbocycles. The summed E-state index contributed by atoms with van der Waals surface area (Å²) < 4.78 is 8.58. The number of hydrogen-bond acceptors (Lipinski definition) is 3. The number of aryl methyl sites for hydroxylation is 1. The fourth-order valence-corrected chi connectivity index (χ4v) is 2.63. The van der Waals surface area contributed by atoms with Crippen molar-refractivity contribution in [2.75, 3.05) is 13.7 Å². The molecule has 0 saturated heterocycles. The molecule has 1 aromatic carbocycles.